The Morgan fingerprint density at radius 2 is 2.00 bits per heavy atom. The van der Waals surface area contributed by atoms with Crippen LogP contribution in [0, 0.1) is 0 Å². The maximum atomic E-state index is 12.0. The molecular formula is C16H17N7O3. The molecule has 0 saturated heterocycles. The highest BCUT2D eigenvalue weighted by Crippen LogP contribution is 2.19. The SMILES string of the molecule is CCOC(=O)c1cncc(-c2cnn(CC(=O)Nc3cnn(C)n3)c2)c1. The van der Waals surface area contributed by atoms with Gasteiger partial charge in [-0.1, -0.05) is 0 Å². The lowest BCUT2D eigenvalue weighted by molar-refractivity contribution is -0.116. The number of carbonyl (C=O) groups excluding carboxylic acids is 2. The van der Waals surface area contributed by atoms with Crippen LogP contribution in [-0.4, -0.2) is 48.2 Å². The largest absolute Gasteiger partial charge is 0.462 e. The molecule has 0 radical (unpaired) electrons. The Balaban J connectivity index is 1.68. The van der Waals surface area contributed by atoms with Gasteiger partial charge in [-0.3, -0.25) is 14.5 Å². The van der Waals surface area contributed by atoms with Gasteiger partial charge in [-0.15, -0.1) is 5.10 Å². The van der Waals surface area contributed by atoms with Crippen molar-refractivity contribution in [3.8, 4) is 11.1 Å². The first-order valence-electron chi connectivity index (χ1n) is 7.86. The van der Waals surface area contributed by atoms with Crippen molar-refractivity contribution < 1.29 is 14.3 Å². The quantitative estimate of drug-likeness (QED) is 0.653. The third-order valence-electron chi connectivity index (χ3n) is 3.39. The zero-order chi connectivity index (χ0) is 18.5. The van der Waals surface area contributed by atoms with E-state index in [-0.39, 0.29) is 12.5 Å². The Kier molecular flexibility index (Phi) is 5.02. The molecule has 3 rings (SSSR count). The zero-order valence-electron chi connectivity index (χ0n) is 14.3. The van der Waals surface area contributed by atoms with Gasteiger partial charge in [-0.25, -0.2) is 4.79 Å². The normalized spacial score (nSPS) is 10.5. The van der Waals surface area contributed by atoms with Gasteiger partial charge in [0, 0.05) is 36.8 Å². The second kappa shape index (κ2) is 7.55. The van der Waals surface area contributed by atoms with Crippen molar-refractivity contribution in [1.82, 2.24) is 29.8 Å². The van der Waals surface area contributed by atoms with Crippen LogP contribution >= 0.6 is 0 Å². The van der Waals surface area contributed by atoms with Gasteiger partial charge >= 0.3 is 5.97 Å². The van der Waals surface area contributed by atoms with Gasteiger partial charge in [0.05, 0.1) is 24.6 Å². The molecule has 10 heteroatoms. The number of hydrogen-bond donors (Lipinski definition) is 1. The molecule has 3 aromatic rings. The summed E-state index contributed by atoms with van der Waals surface area (Å²) >= 11 is 0. The van der Waals surface area contributed by atoms with Gasteiger partial charge in [0.1, 0.15) is 6.54 Å². The van der Waals surface area contributed by atoms with Crippen molar-refractivity contribution in [1.29, 1.82) is 0 Å². The molecule has 0 aliphatic heterocycles. The minimum atomic E-state index is -0.433. The summed E-state index contributed by atoms with van der Waals surface area (Å²) in [5, 5.41) is 14.6. The summed E-state index contributed by atoms with van der Waals surface area (Å²) < 4.78 is 6.45. The Bertz CT molecular complexity index is 931. The number of amides is 1. The number of aromatic nitrogens is 6. The summed E-state index contributed by atoms with van der Waals surface area (Å²) in [5.74, 6) is -0.340. The van der Waals surface area contributed by atoms with Crippen LogP contribution in [0.1, 0.15) is 17.3 Å². The smallest absolute Gasteiger partial charge is 0.339 e. The van der Waals surface area contributed by atoms with E-state index in [9.17, 15) is 9.59 Å². The average Bonchev–Trinajstić information content (AvgIpc) is 3.24. The summed E-state index contributed by atoms with van der Waals surface area (Å²) in [7, 11) is 1.66. The van der Waals surface area contributed by atoms with Crippen molar-refractivity contribution in [2.75, 3.05) is 11.9 Å². The summed E-state index contributed by atoms with van der Waals surface area (Å²) in [4.78, 5) is 29.2. The van der Waals surface area contributed by atoms with Crippen LogP contribution in [0.5, 0.6) is 0 Å². The highest BCUT2D eigenvalue weighted by molar-refractivity contribution is 5.90. The molecule has 26 heavy (non-hydrogen) atoms. The Morgan fingerprint density at radius 1 is 1.15 bits per heavy atom. The standard InChI is InChI=1S/C16H17N7O3/c1-3-26-16(25)12-4-11(5-17-6-12)13-7-19-23(9-13)10-15(24)20-14-8-18-22(2)21-14/h4-9H,3,10H2,1-2H3,(H,20,21,24). The van der Waals surface area contributed by atoms with Crippen molar-refractivity contribution in [2.45, 2.75) is 13.5 Å². The van der Waals surface area contributed by atoms with Gasteiger partial charge in [-0.2, -0.15) is 15.0 Å². The number of aryl methyl sites for hydroxylation is 1. The average molecular weight is 355 g/mol. The lowest BCUT2D eigenvalue weighted by atomic mass is 10.1. The molecule has 0 unspecified atom stereocenters. The molecule has 134 valence electrons. The van der Waals surface area contributed by atoms with Gasteiger partial charge in [0.25, 0.3) is 0 Å². The predicted octanol–water partition coefficient (Wildman–Crippen LogP) is 0.889. The van der Waals surface area contributed by atoms with Crippen molar-refractivity contribution >= 4 is 17.7 Å². The number of nitrogens with one attached hydrogen (secondary N) is 1. The van der Waals surface area contributed by atoms with E-state index in [1.807, 2.05) is 0 Å². The van der Waals surface area contributed by atoms with Crippen LogP contribution in [0.2, 0.25) is 0 Å². The number of anilines is 1. The Hall–Kier alpha value is -3.56. The first-order valence-corrected chi connectivity index (χ1v) is 7.86. The molecule has 10 nitrogen and oxygen atoms in total. The van der Waals surface area contributed by atoms with Crippen LogP contribution < -0.4 is 5.32 Å². The van der Waals surface area contributed by atoms with E-state index in [2.05, 4.69) is 25.6 Å². The second-order valence-corrected chi connectivity index (χ2v) is 5.38. The van der Waals surface area contributed by atoms with E-state index in [0.29, 0.717) is 23.6 Å². The lowest BCUT2D eigenvalue weighted by Gasteiger charge is -2.03. The zero-order valence-corrected chi connectivity index (χ0v) is 14.3. The van der Waals surface area contributed by atoms with E-state index >= 15 is 0 Å². The number of carbonyl (C=O) groups is 2. The van der Waals surface area contributed by atoms with E-state index in [1.54, 1.807) is 38.6 Å². The van der Waals surface area contributed by atoms with Crippen LogP contribution in [0.3, 0.4) is 0 Å². The first kappa shape index (κ1) is 17.3. The number of rotatable bonds is 6. The number of nitrogens with zero attached hydrogens (tertiary/aromatic N) is 6. The maximum absolute atomic E-state index is 12.0. The van der Waals surface area contributed by atoms with Crippen LogP contribution in [0.25, 0.3) is 11.1 Å². The lowest BCUT2D eigenvalue weighted by Crippen LogP contribution is -2.19. The fourth-order valence-electron chi connectivity index (χ4n) is 2.26. The summed E-state index contributed by atoms with van der Waals surface area (Å²) in [5.41, 5.74) is 1.80. The summed E-state index contributed by atoms with van der Waals surface area (Å²) in [6, 6.07) is 1.67. The molecule has 0 aromatic carbocycles. The molecule has 0 aliphatic rings. The van der Waals surface area contributed by atoms with E-state index < -0.39 is 5.97 Å². The first-order chi connectivity index (χ1) is 12.5. The number of ether oxygens (including phenoxy) is 1. The van der Waals surface area contributed by atoms with E-state index in [4.69, 9.17) is 4.74 Å². The molecular weight excluding hydrogens is 338 g/mol. The number of esters is 1. The van der Waals surface area contributed by atoms with E-state index in [1.165, 1.54) is 21.9 Å². The van der Waals surface area contributed by atoms with Gasteiger partial charge in [-0.05, 0) is 13.0 Å². The topological polar surface area (TPSA) is 117 Å². The Labute approximate surface area is 148 Å². The van der Waals surface area contributed by atoms with Crippen molar-refractivity contribution in [2.24, 2.45) is 7.05 Å². The molecule has 0 fully saturated rings. The molecule has 0 atom stereocenters. The third kappa shape index (κ3) is 4.09. The highest BCUT2D eigenvalue weighted by atomic mass is 16.5. The number of pyridine rings is 1. The molecule has 1 amide bonds. The van der Waals surface area contributed by atoms with E-state index in [0.717, 1.165) is 5.56 Å². The van der Waals surface area contributed by atoms with Gasteiger partial charge in [0.15, 0.2) is 5.82 Å². The van der Waals surface area contributed by atoms with Crippen molar-refractivity contribution in [3.05, 3.63) is 42.6 Å². The minimum absolute atomic E-state index is 0.0154. The summed E-state index contributed by atoms with van der Waals surface area (Å²) in [6.07, 6.45) is 7.81. The molecule has 0 bridgehead atoms. The fourth-order valence-corrected chi connectivity index (χ4v) is 2.26. The molecule has 3 heterocycles. The van der Waals surface area contributed by atoms with Gasteiger partial charge in [0.2, 0.25) is 5.91 Å². The minimum Gasteiger partial charge on any atom is -0.462 e. The summed E-state index contributed by atoms with van der Waals surface area (Å²) in [6.45, 7) is 2.05. The molecule has 1 N–H and O–H groups in total. The van der Waals surface area contributed by atoms with Crippen molar-refractivity contribution in [3.63, 3.8) is 0 Å². The molecule has 0 spiro atoms. The molecule has 0 aliphatic carbocycles. The van der Waals surface area contributed by atoms with Crippen LogP contribution in [0.4, 0.5) is 5.82 Å². The second-order valence-electron chi connectivity index (χ2n) is 5.38. The fraction of sp³-hybridized carbons (Fsp3) is 0.250. The van der Waals surface area contributed by atoms with Gasteiger partial charge < -0.3 is 10.1 Å². The monoisotopic (exact) mass is 355 g/mol. The van der Waals surface area contributed by atoms with Crippen LogP contribution in [0.15, 0.2) is 37.1 Å². The highest BCUT2D eigenvalue weighted by Gasteiger charge is 2.11. The predicted molar refractivity (Wildman–Crippen MR) is 91.0 cm³/mol. The van der Waals surface area contributed by atoms with Crippen LogP contribution in [-0.2, 0) is 23.1 Å². The molecule has 0 saturated carbocycles. The number of hydrogen-bond acceptors (Lipinski definition) is 7. The third-order valence-corrected chi connectivity index (χ3v) is 3.39. The molecule has 3 aromatic heterocycles. The Morgan fingerprint density at radius 3 is 2.73 bits per heavy atom. The maximum Gasteiger partial charge on any atom is 0.339 e.